The molecule has 7 nitrogen and oxygen atoms in total. The first-order valence-corrected chi connectivity index (χ1v) is 11.7. The van der Waals surface area contributed by atoms with Gasteiger partial charge >= 0.3 is 0 Å². The monoisotopic (exact) mass is 444 g/mol. The fraction of sp³-hybridized carbons (Fsp3) is 0.385. The van der Waals surface area contributed by atoms with Crippen LogP contribution in [-0.2, 0) is 4.74 Å². The van der Waals surface area contributed by atoms with E-state index in [2.05, 4.69) is 32.4 Å². The number of nitrogens with one attached hydrogen (secondary N) is 1. The standard InChI is InChI=1S/C26H28N4O3/c31-25(23-9-12-27-17-24(23)33-22-3-1-2-4-22)20-15-28-26(29-16-20)30-21-7-5-18(6-8-21)19-10-13-32-14-11-19/h5-9,12,15-17,19,22H,1-4,10-11,13-14H2,(H,28,29,30). The Morgan fingerprint density at radius 1 is 0.939 bits per heavy atom. The van der Waals surface area contributed by atoms with Crippen LogP contribution in [0.25, 0.3) is 0 Å². The van der Waals surface area contributed by atoms with Gasteiger partial charge in [0, 0.05) is 37.5 Å². The lowest BCUT2D eigenvalue weighted by Gasteiger charge is -2.22. The molecule has 3 heterocycles. The first-order valence-electron chi connectivity index (χ1n) is 11.7. The molecule has 0 amide bonds. The molecule has 33 heavy (non-hydrogen) atoms. The van der Waals surface area contributed by atoms with Crippen molar-refractivity contribution in [2.24, 2.45) is 0 Å². The minimum absolute atomic E-state index is 0.154. The normalized spacial score (nSPS) is 17.1. The molecule has 3 aromatic rings. The Bertz CT molecular complexity index is 1070. The van der Waals surface area contributed by atoms with Crippen LogP contribution in [0, 0.1) is 0 Å². The van der Waals surface area contributed by atoms with Crippen molar-refractivity contribution in [1.82, 2.24) is 15.0 Å². The number of benzene rings is 1. The van der Waals surface area contributed by atoms with Crippen LogP contribution < -0.4 is 10.1 Å². The van der Waals surface area contributed by atoms with Crippen molar-refractivity contribution in [3.05, 3.63) is 71.8 Å². The Hall–Kier alpha value is -3.32. The summed E-state index contributed by atoms with van der Waals surface area (Å²) in [6.45, 7) is 1.66. The van der Waals surface area contributed by atoms with Crippen molar-refractivity contribution in [1.29, 1.82) is 0 Å². The topological polar surface area (TPSA) is 86.2 Å². The van der Waals surface area contributed by atoms with E-state index in [0.717, 1.165) is 57.4 Å². The minimum atomic E-state index is -0.169. The molecular formula is C26H28N4O3. The van der Waals surface area contributed by atoms with Crippen LogP contribution in [0.15, 0.2) is 55.1 Å². The van der Waals surface area contributed by atoms with Gasteiger partial charge in [-0.05, 0) is 68.2 Å². The van der Waals surface area contributed by atoms with Gasteiger partial charge in [-0.1, -0.05) is 12.1 Å². The molecule has 1 aromatic carbocycles. The van der Waals surface area contributed by atoms with Crippen LogP contribution in [0.5, 0.6) is 5.75 Å². The number of ether oxygens (including phenoxy) is 2. The highest BCUT2D eigenvalue weighted by molar-refractivity contribution is 6.10. The van der Waals surface area contributed by atoms with Crippen LogP contribution in [-0.4, -0.2) is 40.1 Å². The predicted molar refractivity (Wildman–Crippen MR) is 125 cm³/mol. The predicted octanol–water partition coefficient (Wildman–Crippen LogP) is 5.06. The number of carbonyl (C=O) groups excluding carboxylic acids is 1. The quantitative estimate of drug-likeness (QED) is 0.510. The lowest BCUT2D eigenvalue weighted by atomic mass is 9.92. The summed E-state index contributed by atoms with van der Waals surface area (Å²) in [5, 5.41) is 3.21. The van der Waals surface area contributed by atoms with E-state index < -0.39 is 0 Å². The summed E-state index contributed by atoms with van der Waals surface area (Å²) in [5.74, 6) is 1.37. The van der Waals surface area contributed by atoms with Crippen LogP contribution >= 0.6 is 0 Å². The summed E-state index contributed by atoms with van der Waals surface area (Å²) in [4.78, 5) is 25.9. The summed E-state index contributed by atoms with van der Waals surface area (Å²) in [6, 6.07) is 10.1. The molecule has 5 rings (SSSR count). The first-order chi connectivity index (χ1) is 16.3. The fourth-order valence-electron chi connectivity index (χ4n) is 4.51. The number of nitrogens with zero attached hydrogens (tertiary/aromatic N) is 3. The number of anilines is 2. The second kappa shape index (κ2) is 10.1. The molecule has 0 bridgehead atoms. The number of hydrogen-bond donors (Lipinski definition) is 1. The van der Waals surface area contributed by atoms with Crippen molar-refractivity contribution in [3.8, 4) is 5.75 Å². The van der Waals surface area contributed by atoms with Gasteiger partial charge < -0.3 is 14.8 Å². The van der Waals surface area contributed by atoms with Crippen LogP contribution in [0.3, 0.4) is 0 Å². The van der Waals surface area contributed by atoms with Crippen molar-refractivity contribution in [2.75, 3.05) is 18.5 Å². The number of pyridine rings is 1. The van der Waals surface area contributed by atoms with E-state index in [1.807, 2.05) is 12.1 Å². The van der Waals surface area contributed by atoms with Crippen molar-refractivity contribution in [3.63, 3.8) is 0 Å². The van der Waals surface area contributed by atoms with Crippen molar-refractivity contribution in [2.45, 2.75) is 50.5 Å². The van der Waals surface area contributed by atoms with Gasteiger partial charge in [-0.3, -0.25) is 9.78 Å². The molecular weight excluding hydrogens is 416 g/mol. The Morgan fingerprint density at radius 3 is 2.39 bits per heavy atom. The number of ketones is 1. The maximum atomic E-state index is 13.1. The zero-order chi connectivity index (χ0) is 22.5. The molecule has 1 saturated heterocycles. The van der Waals surface area contributed by atoms with Crippen molar-refractivity contribution < 1.29 is 14.3 Å². The molecule has 2 aromatic heterocycles. The lowest BCUT2D eigenvalue weighted by molar-refractivity contribution is 0.0853. The van der Waals surface area contributed by atoms with E-state index in [9.17, 15) is 4.79 Å². The Balaban J connectivity index is 1.25. The molecule has 2 aliphatic rings. The highest BCUT2D eigenvalue weighted by atomic mass is 16.5. The first kappa shape index (κ1) is 21.5. The second-order valence-electron chi connectivity index (χ2n) is 8.65. The molecule has 2 fully saturated rings. The summed E-state index contributed by atoms with van der Waals surface area (Å²) in [7, 11) is 0. The number of hydrogen-bond acceptors (Lipinski definition) is 7. The van der Waals surface area contributed by atoms with E-state index in [4.69, 9.17) is 9.47 Å². The van der Waals surface area contributed by atoms with Gasteiger partial charge in [0.05, 0.1) is 23.4 Å². The lowest BCUT2D eigenvalue weighted by Crippen LogP contribution is -2.14. The van der Waals surface area contributed by atoms with E-state index in [1.165, 1.54) is 5.56 Å². The SMILES string of the molecule is O=C(c1cnc(Nc2ccc(C3CCOCC3)cc2)nc1)c1ccncc1OC1CCCC1. The average Bonchev–Trinajstić information content (AvgIpc) is 3.39. The third kappa shape index (κ3) is 5.20. The van der Waals surface area contributed by atoms with Gasteiger partial charge in [0.1, 0.15) is 5.75 Å². The van der Waals surface area contributed by atoms with Crippen LogP contribution in [0.2, 0.25) is 0 Å². The van der Waals surface area contributed by atoms with E-state index in [1.54, 1.807) is 30.9 Å². The molecule has 1 aliphatic carbocycles. The fourth-order valence-corrected chi connectivity index (χ4v) is 4.51. The van der Waals surface area contributed by atoms with Gasteiger partial charge in [0.15, 0.2) is 5.78 Å². The smallest absolute Gasteiger partial charge is 0.227 e. The number of carbonyl (C=O) groups is 1. The van der Waals surface area contributed by atoms with Gasteiger partial charge in [-0.15, -0.1) is 0 Å². The van der Waals surface area contributed by atoms with Gasteiger partial charge in [0.25, 0.3) is 0 Å². The third-order valence-corrected chi connectivity index (χ3v) is 6.40. The largest absolute Gasteiger partial charge is 0.488 e. The summed E-state index contributed by atoms with van der Waals surface area (Å²) < 4.78 is 11.5. The summed E-state index contributed by atoms with van der Waals surface area (Å²) in [5.41, 5.74) is 3.15. The van der Waals surface area contributed by atoms with Crippen LogP contribution in [0.1, 0.15) is 65.9 Å². The van der Waals surface area contributed by atoms with Crippen LogP contribution in [0.4, 0.5) is 11.6 Å². The Morgan fingerprint density at radius 2 is 1.67 bits per heavy atom. The molecule has 170 valence electrons. The number of rotatable bonds is 7. The molecule has 1 aliphatic heterocycles. The molecule has 7 heteroatoms. The maximum Gasteiger partial charge on any atom is 0.227 e. The highest BCUT2D eigenvalue weighted by Gasteiger charge is 2.21. The molecule has 0 atom stereocenters. The number of aromatic nitrogens is 3. The Labute approximate surface area is 193 Å². The average molecular weight is 445 g/mol. The van der Waals surface area contributed by atoms with Crippen molar-refractivity contribution >= 4 is 17.4 Å². The third-order valence-electron chi connectivity index (χ3n) is 6.40. The summed E-state index contributed by atoms with van der Waals surface area (Å²) in [6.07, 6.45) is 13.0. The highest BCUT2D eigenvalue weighted by Crippen LogP contribution is 2.29. The Kier molecular flexibility index (Phi) is 6.58. The van der Waals surface area contributed by atoms with E-state index in [0.29, 0.717) is 28.7 Å². The molecule has 0 unspecified atom stereocenters. The molecule has 1 saturated carbocycles. The zero-order valence-corrected chi connectivity index (χ0v) is 18.6. The van der Waals surface area contributed by atoms with Gasteiger partial charge in [0.2, 0.25) is 5.95 Å². The summed E-state index contributed by atoms with van der Waals surface area (Å²) >= 11 is 0. The van der Waals surface area contributed by atoms with E-state index >= 15 is 0 Å². The minimum Gasteiger partial charge on any atom is -0.488 e. The molecule has 0 spiro atoms. The van der Waals surface area contributed by atoms with Gasteiger partial charge in [-0.2, -0.15) is 0 Å². The zero-order valence-electron chi connectivity index (χ0n) is 18.6. The molecule has 0 radical (unpaired) electrons. The molecule has 1 N–H and O–H groups in total. The van der Waals surface area contributed by atoms with Gasteiger partial charge in [-0.25, -0.2) is 9.97 Å². The van der Waals surface area contributed by atoms with E-state index in [-0.39, 0.29) is 11.9 Å². The second-order valence-corrected chi connectivity index (χ2v) is 8.65. The maximum absolute atomic E-state index is 13.1.